The van der Waals surface area contributed by atoms with Crippen molar-refractivity contribution in [3.63, 3.8) is 0 Å². The molecule has 1 rings (SSSR count). The molecule has 0 radical (unpaired) electrons. The van der Waals surface area contributed by atoms with Crippen LogP contribution in [-0.4, -0.2) is 30.1 Å². The van der Waals surface area contributed by atoms with Crippen molar-refractivity contribution in [1.82, 2.24) is 4.90 Å². The van der Waals surface area contributed by atoms with Gasteiger partial charge in [-0.2, -0.15) is 0 Å². The Hall–Kier alpha value is -0.860. The van der Waals surface area contributed by atoms with Gasteiger partial charge in [0.2, 0.25) is 0 Å². The van der Waals surface area contributed by atoms with E-state index in [9.17, 15) is 5.11 Å². The lowest BCUT2D eigenvalue weighted by molar-refractivity contribution is 0.126. The van der Waals surface area contributed by atoms with Gasteiger partial charge in [0.05, 0.1) is 6.10 Å². The maximum Gasteiger partial charge on any atom is 0.0916 e. The standard InChI is InChI=1S/C17H29NO/c1-5-6-7-12-18(4)13-17(19)16-10-8-15(9-11-16)14(2)3/h8-11,14,17,19H,5-7,12-13H2,1-4H3. The summed E-state index contributed by atoms with van der Waals surface area (Å²) in [5, 5.41) is 10.2. The Morgan fingerprint density at radius 1 is 1.05 bits per heavy atom. The van der Waals surface area contributed by atoms with Gasteiger partial charge >= 0.3 is 0 Å². The highest BCUT2D eigenvalue weighted by molar-refractivity contribution is 5.26. The molecule has 19 heavy (non-hydrogen) atoms. The minimum absolute atomic E-state index is 0.382. The van der Waals surface area contributed by atoms with Crippen LogP contribution in [-0.2, 0) is 0 Å². The summed E-state index contributed by atoms with van der Waals surface area (Å²) in [5.74, 6) is 0.544. The predicted octanol–water partition coefficient (Wildman–Crippen LogP) is 3.97. The SMILES string of the molecule is CCCCCN(C)CC(O)c1ccc(C(C)C)cc1. The van der Waals surface area contributed by atoms with Gasteiger partial charge in [0, 0.05) is 6.54 Å². The minimum Gasteiger partial charge on any atom is -0.387 e. The second-order valence-corrected chi connectivity index (χ2v) is 5.81. The largest absolute Gasteiger partial charge is 0.387 e. The molecule has 1 unspecified atom stereocenters. The molecular formula is C17H29NO. The van der Waals surface area contributed by atoms with E-state index in [-0.39, 0.29) is 6.10 Å². The molecule has 0 saturated carbocycles. The van der Waals surface area contributed by atoms with Crippen LogP contribution in [0.1, 0.15) is 63.2 Å². The van der Waals surface area contributed by atoms with Crippen LogP contribution in [0, 0.1) is 0 Å². The Morgan fingerprint density at radius 3 is 2.16 bits per heavy atom. The van der Waals surface area contributed by atoms with Gasteiger partial charge in [0.15, 0.2) is 0 Å². The van der Waals surface area contributed by atoms with Gasteiger partial charge in [-0.1, -0.05) is 57.9 Å². The van der Waals surface area contributed by atoms with E-state index >= 15 is 0 Å². The summed E-state index contributed by atoms with van der Waals surface area (Å²) < 4.78 is 0. The number of rotatable bonds is 8. The van der Waals surface area contributed by atoms with E-state index < -0.39 is 0 Å². The molecule has 1 aromatic rings. The molecule has 0 aliphatic carbocycles. The average Bonchev–Trinajstić information content (AvgIpc) is 2.39. The summed E-state index contributed by atoms with van der Waals surface area (Å²) >= 11 is 0. The Kier molecular flexibility index (Phi) is 7.11. The fourth-order valence-corrected chi connectivity index (χ4v) is 2.23. The normalized spacial score (nSPS) is 13.2. The first-order valence-electron chi connectivity index (χ1n) is 7.51. The zero-order chi connectivity index (χ0) is 14.3. The van der Waals surface area contributed by atoms with Crippen molar-refractivity contribution in [3.8, 4) is 0 Å². The van der Waals surface area contributed by atoms with Gasteiger partial charge < -0.3 is 10.0 Å². The zero-order valence-corrected chi connectivity index (χ0v) is 12.9. The maximum absolute atomic E-state index is 10.2. The van der Waals surface area contributed by atoms with Gasteiger partial charge in [-0.3, -0.25) is 0 Å². The van der Waals surface area contributed by atoms with Crippen molar-refractivity contribution in [2.75, 3.05) is 20.1 Å². The zero-order valence-electron chi connectivity index (χ0n) is 12.9. The molecule has 2 heteroatoms. The third-order valence-electron chi connectivity index (χ3n) is 3.62. The van der Waals surface area contributed by atoms with Crippen LogP contribution < -0.4 is 0 Å². The summed E-state index contributed by atoms with van der Waals surface area (Å²) in [6, 6.07) is 8.36. The molecular weight excluding hydrogens is 234 g/mol. The lowest BCUT2D eigenvalue weighted by atomic mass is 10.00. The number of likely N-dealkylation sites (N-methyl/N-ethyl adjacent to an activating group) is 1. The molecule has 0 bridgehead atoms. The summed E-state index contributed by atoms with van der Waals surface area (Å²) in [5.41, 5.74) is 2.35. The van der Waals surface area contributed by atoms with E-state index in [1.54, 1.807) is 0 Å². The molecule has 1 N–H and O–H groups in total. The van der Waals surface area contributed by atoms with Crippen LogP contribution in [0.5, 0.6) is 0 Å². The lowest BCUT2D eigenvalue weighted by Crippen LogP contribution is -2.25. The van der Waals surface area contributed by atoms with Gasteiger partial charge in [0.1, 0.15) is 0 Å². The summed E-state index contributed by atoms with van der Waals surface area (Å²) in [6.45, 7) is 8.37. The van der Waals surface area contributed by atoms with Crippen molar-refractivity contribution in [1.29, 1.82) is 0 Å². The van der Waals surface area contributed by atoms with E-state index in [2.05, 4.69) is 57.0 Å². The van der Waals surface area contributed by atoms with E-state index in [1.807, 2.05) is 0 Å². The summed E-state index contributed by atoms with van der Waals surface area (Å²) in [4.78, 5) is 2.22. The first kappa shape index (κ1) is 16.2. The van der Waals surface area contributed by atoms with Gasteiger partial charge in [0.25, 0.3) is 0 Å². The second-order valence-electron chi connectivity index (χ2n) is 5.81. The Morgan fingerprint density at radius 2 is 1.63 bits per heavy atom. The van der Waals surface area contributed by atoms with Crippen LogP contribution >= 0.6 is 0 Å². The Balaban J connectivity index is 2.46. The molecule has 108 valence electrons. The van der Waals surface area contributed by atoms with Crippen LogP contribution in [0.4, 0.5) is 0 Å². The van der Waals surface area contributed by atoms with Crippen molar-refractivity contribution < 1.29 is 5.11 Å². The number of hydrogen-bond donors (Lipinski definition) is 1. The monoisotopic (exact) mass is 263 g/mol. The van der Waals surface area contributed by atoms with Crippen LogP contribution in [0.15, 0.2) is 24.3 Å². The number of aliphatic hydroxyl groups excluding tert-OH is 1. The number of nitrogens with zero attached hydrogens (tertiary/aromatic N) is 1. The minimum atomic E-state index is -0.382. The molecule has 0 aromatic heterocycles. The van der Waals surface area contributed by atoms with E-state index in [0.29, 0.717) is 12.5 Å². The number of benzene rings is 1. The van der Waals surface area contributed by atoms with E-state index in [1.165, 1.54) is 24.8 Å². The fourth-order valence-electron chi connectivity index (χ4n) is 2.23. The topological polar surface area (TPSA) is 23.5 Å². The molecule has 2 nitrogen and oxygen atoms in total. The third-order valence-corrected chi connectivity index (χ3v) is 3.62. The molecule has 0 spiro atoms. The fraction of sp³-hybridized carbons (Fsp3) is 0.647. The van der Waals surface area contributed by atoms with Gasteiger partial charge in [-0.25, -0.2) is 0 Å². The van der Waals surface area contributed by atoms with E-state index in [4.69, 9.17) is 0 Å². The van der Waals surface area contributed by atoms with Crippen molar-refractivity contribution in [2.24, 2.45) is 0 Å². The third kappa shape index (κ3) is 5.75. The van der Waals surface area contributed by atoms with E-state index in [0.717, 1.165) is 12.1 Å². The molecule has 0 aliphatic rings. The summed E-state index contributed by atoms with van der Waals surface area (Å²) in [7, 11) is 2.08. The van der Waals surface area contributed by atoms with Gasteiger partial charge in [-0.05, 0) is 37.1 Å². The molecule has 1 atom stereocenters. The number of hydrogen-bond acceptors (Lipinski definition) is 2. The number of unbranched alkanes of at least 4 members (excludes halogenated alkanes) is 2. The van der Waals surface area contributed by atoms with Crippen molar-refractivity contribution in [3.05, 3.63) is 35.4 Å². The Labute approximate surface area is 118 Å². The first-order valence-corrected chi connectivity index (χ1v) is 7.51. The number of aliphatic hydroxyl groups is 1. The highest BCUT2D eigenvalue weighted by Crippen LogP contribution is 2.19. The highest BCUT2D eigenvalue weighted by Gasteiger charge is 2.10. The molecule has 1 aromatic carbocycles. The summed E-state index contributed by atoms with van der Waals surface area (Å²) in [6.07, 6.45) is 3.34. The lowest BCUT2D eigenvalue weighted by Gasteiger charge is -2.21. The van der Waals surface area contributed by atoms with Crippen molar-refractivity contribution in [2.45, 2.75) is 52.1 Å². The van der Waals surface area contributed by atoms with Crippen LogP contribution in [0.3, 0.4) is 0 Å². The molecule has 0 saturated heterocycles. The van der Waals surface area contributed by atoms with Crippen molar-refractivity contribution >= 4 is 0 Å². The molecule has 0 amide bonds. The Bertz CT molecular complexity index is 345. The highest BCUT2D eigenvalue weighted by atomic mass is 16.3. The van der Waals surface area contributed by atoms with Crippen LogP contribution in [0.2, 0.25) is 0 Å². The smallest absolute Gasteiger partial charge is 0.0916 e. The first-order chi connectivity index (χ1) is 9.04. The van der Waals surface area contributed by atoms with Gasteiger partial charge in [-0.15, -0.1) is 0 Å². The average molecular weight is 263 g/mol. The van der Waals surface area contributed by atoms with Crippen LogP contribution in [0.25, 0.3) is 0 Å². The molecule has 0 heterocycles. The molecule has 0 aliphatic heterocycles. The quantitative estimate of drug-likeness (QED) is 0.717. The molecule has 0 fully saturated rings. The predicted molar refractivity (Wildman–Crippen MR) is 82.5 cm³/mol. The second kappa shape index (κ2) is 8.34. The maximum atomic E-state index is 10.2.